The summed E-state index contributed by atoms with van der Waals surface area (Å²) in [4.78, 5) is 4.24. The van der Waals surface area contributed by atoms with Gasteiger partial charge in [0.2, 0.25) is 0 Å². The molecule has 14 heavy (non-hydrogen) atoms. The summed E-state index contributed by atoms with van der Waals surface area (Å²) in [6.07, 6.45) is 8.60. The molecule has 3 heteroatoms. The van der Waals surface area contributed by atoms with E-state index in [1.807, 2.05) is 12.4 Å². The summed E-state index contributed by atoms with van der Waals surface area (Å²) >= 11 is 0. The van der Waals surface area contributed by atoms with Crippen LogP contribution >= 0.6 is 0 Å². The Labute approximate surface area is 83.6 Å². The van der Waals surface area contributed by atoms with Gasteiger partial charge in [-0.2, -0.15) is 5.10 Å². The number of H-pyrrole nitrogens is 1. The monoisotopic (exact) mass is 189 g/mol. The highest BCUT2D eigenvalue weighted by atomic mass is 15.1. The van der Waals surface area contributed by atoms with Crippen molar-refractivity contribution in [2.75, 3.05) is 0 Å². The highest BCUT2D eigenvalue weighted by molar-refractivity contribution is 5.76. The van der Waals surface area contributed by atoms with Crippen molar-refractivity contribution < 1.29 is 0 Å². The normalized spacial score (nSPS) is 10.9. The number of aromatic nitrogens is 3. The maximum Gasteiger partial charge on any atom is 0.114 e. The Hall–Kier alpha value is -1.38. The molecule has 0 atom stereocenters. The average Bonchev–Trinajstić information content (AvgIpc) is 2.67. The molecule has 0 saturated heterocycles. The molecule has 2 rings (SSSR count). The van der Waals surface area contributed by atoms with Crippen LogP contribution in [0, 0.1) is 0 Å². The van der Waals surface area contributed by atoms with Crippen LogP contribution in [0.4, 0.5) is 0 Å². The van der Waals surface area contributed by atoms with Crippen molar-refractivity contribution in [1.29, 1.82) is 0 Å². The van der Waals surface area contributed by atoms with Gasteiger partial charge < -0.3 is 0 Å². The highest BCUT2D eigenvalue weighted by Gasteiger charge is 2.03. The number of aryl methyl sites for hydroxylation is 1. The Balaban J connectivity index is 2.19. The fourth-order valence-electron chi connectivity index (χ4n) is 1.67. The smallest absolute Gasteiger partial charge is 0.114 e. The Morgan fingerprint density at radius 3 is 3.14 bits per heavy atom. The van der Waals surface area contributed by atoms with Crippen molar-refractivity contribution in [2.45, 2.75) is 32.6 Å². The van der Waals surface area contributed by atoms with Gasteiger partial charge in [0.05, 0.1) is 0 Å². The fraction of sp³-hybridized carbons (Fsp3) is 0.455. The van der Waals surface area contributed by atoms with E-state index in [0.717, 1.165) is 17.5 Å². The van der Waals surface area contributed by atoms with Crippen LogP contribution in [0.5, 0.6) is 0 Å². The summed E-state index contributed by atoms with van der Waals surface area (Å²) in [7, 11) is 0. The standard InChI is InChI=1S/C11H15N3/c1-2-3-4-5-9-6-7-12-10-8-13-14-11(9)10/h6-8H,2-5H2,1H3,(H,13,14). The third-order valence-electron chi connectivity index (χ3n) is 2.46. The van der Waals surface area contributed by atoms with Crippen molar-refractivity contribution in [3.8, 4) is 0 Å². The molecule has 0 aliphatic rings. The van der Waals surface area contributed by atoms with Gasteiger partial charge in [-0.05, 0) is 24.5 Å². The second kappa shape index (κ2) is 4.22. The summed E-state index contributed by atoms with van der Waals surface area (Å²) in [5.41, 5.74) is 3.31. The van der Waals surface area contributed by atoms with Crippen LogP contribution in [-0.4, -0.2) is 15.2 Å². The second-order valence-corrected chi connectivity index (χ2v) is 3.55. The Morgan fingerprint density at radius 2 is 2.29 bits per heavy atom. The number of unbranched alkanes of at least 4 members (excludes halogenated alkanes) is 2. The summed E-state index contributed by atoms with van der Waals surface area (Å²) in [5, 5.41) is 7.07. The number of hydrogen-bond acceptors (Lipinski definition) is 2. The van der Waals surface area contributed by atoms with Gasteiger partial charge >= 0.3 is 0 Å². The maximum atomic E-state index is 4.24. The molecule has 0 spiro atoms. The third kappa shape index (κ3) is 1.76. The molecule has 1 N–H and O–H groups in total. The topological polar surface area (TPSA) is 41.6 Å². The van der Waals surface area contributed by atoms with Gasteiger partial charge in [0.1, 0.15) is 11.0 Å². The number of rotatable bonds is 4. The number of hydrogen-bond donors (Lipinski definition) is 1. The highest BCUT2D eigenvalue weighted by Crippen LogP contribution is 2.15. The predicted molar refractivity (Wildman–Crippen MR) is 57.1 cm³/mol. The molecule has 0 saturated carbocycles. The van der Waals surface area contributed by atoms with Crippen molar-refractivity contribution in [2.24, 2.45) is 0 Å². The van der Waals surface area contributed by atoms with E-state index in [4.69, 9.17) is 0 Å². The van der Waals surface area contributed by atoms with Crippen LogP contribution in [0.3, 0.4) is 0 Å². The Morgan fingerprint density at radius 1 is 1.36 bits per heavy atom. The summed E-state index contributed by atoms with van der Waals surface area (Å²) in [6, 6.07) is 2.07. The molecular weight excluding hydrogens is 174 g/mol. The van der Waals surface area contributed by atoms with E-state index in [1.54, 1.807) is 0 Å². The number of fused-ring (bicyclic) bond motifs is 1. The lowest BCUT2D eigenvalue weighted by atomic mass is 10.1. The molecule has 0 unspecified atom stereocenters. The van der Waals surface area contributed by atoms with Crippen molar-refractivity contribution in [3.05, 3.63) is 24.0 Å². The van der Waals surface area contributed by atoms with E-state index < -0.39 is 0 Å². The molecule has 3 nitrogen and oxygen atoms in total. The van der Waals surface area contributed by atoms with Crippen molar-refractivity contribution in [1.82, 2.24) is 15.2 Å². The summed E-state index contributed by atoms with van der Waals surface area (Å²) in [6.45, 7) is 2.22. The van der Waals surface area contributed by atoms with E-state index >= 15 is 0 Å². The quantitative estimate of drug-likeness (QED) is 0.751. The molecule has 0 fully saturated rings. The maximum absolute atomic E-state index is 4.24. The lowest BCUT2D eigenvalue weighted by molar-refractivity contribution is 0.718. The van der Waals surface area contributed by atoms with Crippen LogP contribution in [0.1, 0.15) is 31.7 Å². The molecular formula is C11H15N3. The van der Waals surface area contributed by atoms with Crippen LogP contribution in [-0.2, 0) is 6.42 Å². The van der Waals surface area contributed by atoms with Gasteiger partial charge in [-0.15, -0.1) is 0 Å². The zero-order valence-corrected chi connectivity index (χ0v) is 8.45. The van der Waals surface area contributed by atoms with E-state index in [1.165, 1.54) is 24.8 Å². The number of nitrogens with zero attached hydrogens (tertiary/aromatic N) is 2. The average molecular weight is 189 g/mol. The minimum atomic E-state index is 0.971. The van der Waals surface area contributed by atoms with Gasteiger partial charge in [0, 0.05) is 12.4 Å². The molecule has 74 valence electrons. The molecule has 0 aliphatic carbocycles. The lowest BCUT2D eigenvalue weighted by Crippen LogP contribution is -1.88. The first-order valence-corrected chi connectivity index (χ1v) is 5.19. The third-order valence-corrected chi connectivity index (χ3v) is 2.46. The number of aromatic amines is 1. The van der Waals surface area contributed by atoms with Crippen molar-refractivity contribution in [3.63, 3.8) is 0 Å². The second-order valence-electron chi connectivity index (χ2n) is 3.55. The van der Waals surface area contributed by atoms with Crippen LogP contribution in [0.25, 0.3) is 11.0 Å². The van der Waals surface area contributed by atoms with Gasteiger partial charge in [0.25, 0.3) is 0 Å². The lowest BCUT2D eigenvalue weighted by Gasteiger charge is -2.00. The first-order chi connectivity index (χ1) is 6.92. The fourth-order valence-corrected chi connectivity index (χ4v) is 1.67. The number of pyridine rings is 1. The van der Waals surface area contributed by atoms with E-state index in [2.05, 4.69) is 28.2 Å². The molecule has 2 aromatic rings. The molecule has 0 aromatic carbocycles. The molecule has 0 amide bonds. The molecule has 0 aliphatic heterocycles. The largest absolute Gasteiger partial charge is 0.283 e. The first-order valence-electron chi connectivity index (χ1n) is 5.19. The van der Waals surface area contributed by atoms with Crippen LogP contribution in [0.15, 0.2) is 18.5 Å². The summed E-state index contributed by atoms with van der Waals surface area (Å²) in [5.74, 6) is 0. The van der Waals surface area contributed by atoms with Gasteiger partial charge in [-0.3, -0.25) is 10.1 Å². The minimum absolute atomic E-state index is 0.971. The van der Waals surface area contributed by atoms with Gasteiger partial charge in [-0.25, -0.2) is 0 Å². The summed E-state index contributed by atoms with van der Waals surface area (Å²) < 4.78 is 0. The van der Waals surface area contributed by atoms with Crippen LogP contribution in [0.2, 0.25) is 0 Å². The van der Waals surface area contributed by atoms with Gasteiger partial charge in [-0.1, -0.05) is 19.8 Å². The Kier molecular flexibility index (Phi) is 2.77. The van der Waals surface area contributed by atoms with E-state index in [-0.39, 0.29) is 0 Å². The van der Waals surface area contributed by atoms with Crippen molar-refractivity contribution >= 4 is 11.0 Å². The van der Waals surface area contributed by atoms with E-state index in [0.29, 0.717) is 0 Å². The number of nitrogens with one attached hydrogen (secondary N) is 1. The first kappa shape index (κ1) is 9.19. The molecule has 2 aromatic heterocycles. The SMILES string of the molecule is CCCCCc1ccnc2c[nH]nc12. The Bertz CT molecular complexity index is 406. The van der Waals surface area contributed by atoms with E-state index in [9.17, 15) is 0 Å². The molecule has 0 bridgehead atoms. The van der Waals surface area contributed by atoms with Gasteiger partial charge in [0.15, 0.2) is 0 Å². The zero-order valence-electron chi connectivity index (χ0n) is 8.45. The van der Waals surface area contributed by atoms with Crippen LogP contribution < -0.4 is 0 Å². The zero-order chi connectivity index (χ0) is 9.80. The predicted octanol–water partition coefficient (Wildman–Crippen LogP) is 2.69. The minimum Gasteiger partial charge on any atom is -0.283 e. The molecule has 2 heterocycles. The molecule has 0 radical (unpaired) electrons.